The number of benzene rings is 2. The number of esters is 3. The van der Waals surface area contributed by atoms with Crippen molar-refractivity contribution in [3.05, 3.63) is 123 Å². The van der Waals surface area contributed by atoms with E-state index in [1.807, 2.05) is 33.8 Å². The molecule has 6 fully saturated rings. The molecule has 27 atom stereocenters. The number of nitrogen functional groups attached to an aromatic ring is 2. The molecule has 0 saturated carbocycles. The summed E-state index contributed by atoms with van der Waals surface area (Å²) in [5.41, 5.74) is 22.9. The highest BCUT2D eigenvalue weighted by Crippen LogP contribution is 2.56. The molecular weight excluding hydrogens is 1980 g/mol. The van der Waals surface area contributed by atoms with Crippen molar-refractivity contribution in [3.63, 3.8) is 0 Å². The third kappa shape index (κ3) is 26.0. The van der Waals surface area contributed by atoms with Gasteiger partial charge in [-0.15, -0.1) is 0 Å². The number of anilines is 2. The van der Waals surface area contributed by atoms with Crippen molar-refractivity contribution in [1.82, 2.24) is 68.8 Å². The van der Waals surface area contributed by atoms with Crippen LogP contribution in [0.4, 0.5) is 30.8 Å². The molecule has 0 amide bonds. The summed E-state index contributed by atoms with van der Waals surface area (Å²) in [5.74, 6) is -2.22. The molecule has 0 radical (unpaired) electrons. The maximum absolute atomic E-state index is 13.8. The van der Waals surface area contributed by atoms with Crippen molar-refractivity contribution >= 4 is 114 Å². The number of carbonyl (C=O) groups excluding carboxylic acids is 3. The maximum atomic E-state index is 13.8. The highest BCUT2D eigenvalue weighted by molar-refractivity contribution is 7.52. The monoisotopic (exact) mass is 2090 g/mol. The Morgan fingerprint density at radius 3 is 1.61 bits per heavy atom. The zero-order valence-corrected chi connectivity index (χ0v) is 81.1. The largest absolute Gasteiger partial charge is 0.465 e. The number of nitrogens with two attached hydrogens (primary N) is 4. The van der Waals surface area contributed by atoms with E-state index < -0.39 is 244 Å². The van der Waals surface area contributed by atoms with E-state index in [0.717, 1.165) is 10.1 Å². The first-order valence-electron chi connectivity index (χ1n) is 44.3. The Morgan fingerprint density at radius 1 is 0.634 bits per heavy atom. The second-order valence-corrected chi connectivity index (χ2v) is 41.1. The Kier molecular flexibility index (Phi) is 35.7. The minimum Gasteiger partial charge on any atom is -0.465 e. The van der Waals surface area contributed by atoms with Crippen LogP contribution in [-0.4, -0.2) is 312 Å². The van der Waals surface area contributed by atoms with Crippen molar-refractivity contribution in [2.24, 2.45) is 60.3 Å². The number of carbonyl (C=O) groups is 3. The summed E-state index contributed by atoms with van der Waals surface area (Å²) in [6.45, 7) is 14.4. The minimum absolute atomic E-state index is 0.0273. The van der Waals surface area contributed by atoms with Gasteiger partial charge in [-0.1, -0.05) is 81.2 Å². The van der Waals surface area contributed by atoms with Crippen LogP contribution in [-0.2, 0) is 118 Å². The molecule has 0 bridgehead atoms. The number of ether oxygens (including phenoxy) is 7. The van der Waals surface area contributed by atoms with Crippen LogP contribution in [0.5, 0.6) is 5.75 Å². The summed E-state index contributed by atoms with van der Waals surface area (Å²) in [6.07, 6.45) is -17.6. The molecule has 2 aromatic carbocycles. The van der Waals surface area contributed by atoms with Crippen LogP contribution in [0.3, 0.4) is 0 Å². The predicted octanol–water partition coefficient (Wildman–Crippen LogP) is 1.31. The van der Waals surface area contributed by atoms with Gasteiger partial charge in [0.25, 0.3) is 0 Å². The molecule has 18 N–H and O–H groups in total. The number of fused-ring (bicyclic) bond motifs is 5. The third-order valence-corrected chi connectivity index (χ3v) is 28.8. The van der Waals surface area contributed by atoms with Gasteiger partial charge in [-0.3, -0.25) is 65.2 Å². The van der Waals surface area contributed by atoms with E-state index in [2.05, 4.69) is 75.2 Å². The number of aliphatic hydroxyl groups excluding tert-OH is 6. The quantitative estimate of drug-likeness (QED) is 0.00507. The molecule has 0 aliphatic carbocycles. The van der Waals surface area contributed by atoms with E-state index in [4.69, 9.17) is 92.3 Å². The van der Waals surface area contributed by atoms with Gasteiger partial charge in [-0.2, -0.15) is 43.2 Å². The second kappa shape index (κ2) is 46.6. The van der Waals surface area contributed by atoms with Gasteiger partial charge in [0.1, 0.15) is 145 Å². The first-order valence-corrected chi connectivity index (χ1v) is 50.5. The Labute approximate surface area is 806 Å². The van der Waals surface area contributed by atoms with Crippen LogP contribution >= 0.6 is 31.0 Å². The fraction of sp³-hybridized carbons (Fsp3) is 0.582. The zero-order chi connectivity index (χ0) is 103. The molecule has 8 unspecified atom stereocenters. The lowest BCUT2D eigenvalue weighted by atomic mass is 10.1. The van der Waals surface area contributed by atoms with Crippen LogP contribution in [0, 0.1) is 28.0 Å². The highest BCUT2D eigenvalue weighted by atomic mass is 31.2. The van der Waals surface area contributed by atoms with E-state index in [0.29, 0.717) is 12.8 Å². The smallest absolute Gasteiger partial charge is 0.459 e. The van der Waals surface area contributed by atoms with E-state index in [9.17, 15) is 91.4 Å². The van der Waals surface area contributed by atoms with E-state index in [-0.39, 0.29) is 97.3 Å². The lowest BCUT2D eigenvalue weighted by molar-refractivity contribution is -0.396. The number of para-hydroxylation sites is 1. The Balaban J connectivity index is 0.000000159. The van der Waals surface area contributed by atoms with Crippen LogP contribution in [0.1, 0.15) is 98.9 Å². The van der Waals surface area contributed by atoms with Gasteiger partial charge in [0.05, 0.1) is 71.8 Å². The lowest BCUT2D eigenvalue weighted by Crippen LogP contribution is -2.52. The first-order chi connectivity index (χ1) is 67.3. The number of imidazole rings is 2. The van der Waals surface area contributed by atoms with Crippen LogP contribution in [0.2, 0.25) is 0 Å². The molecule has 6 aromatic rings. The molecule has 10 aliphatic heterocycles. The second-order valence-electron chi connectivity index (χ2n) is 34.1. The number of amidine groups is 4. The van der Waals surface area contributed by atoms with Gasteiger partial charge in [-0.05, 0) is 88.0 Å². The average Bonchev–Trinajstić information content (AvgIpc) is 1.59. The fourth-order valence-corrected chi connectivity index (χ4v) is 21.8. The van der Waals surface area contributed by atoms with Crippen molar-refractivity contribution in [3.8, 4) is 5.75 Å². The fourth-order valence-electron chi connectivity index (χ4n) is 15.6. The summed E-state index contributed by atoms with van der Waals surface area (Å²) in [6, 6.07) is 14.0. The number of halogens is 3. The van der Waals surface area contributed by atoms with Gasteiger partial charge in [0.15, 0.2) is 54.2 Å². The molecule has 142 heavy (non-hydrogen) atoms. The van der Waals surface area contributed by atoms with Crippen molar-refractivity contribution in [2.45, 2.75) is 235 Å². The standard InChI is InChI=1S/C22H28FN6O8P.C21H26N7O9P.2C18H28FN6O7P/c1-11(2)35-21(32)12(3)28-38(33,37-13-7-5-4-6-8-13)34-9-14-16(30)17(31)20(36-14)29-10-25-15-18(24)26-22(23)27-19(15)29;1-26-14(10-23-20(26)28(32)33)11-35-38(34,24-9-13-5-3-2-4-6-13)36-12-15-17(29)18(30)19(37-15)27-8-7-16(22)25-21(27)31;2*1-4-29-17(27)9(5-8(2)3)24-33(28)30-6-10-13(32-33)12(26)16(31-10)25-7-21-11-14(20)22-18(19)23-15(11)25/h4-8,10-12,14,16-17,20,30-31H,9H2,1-3H3,(H,28,33)(H2,24,26,27);2-8,10,15,17-19,29-30H,9,11-12H2,1H3,(H,24,34)(H2,22,25,31);2*7-13,15-16,26H,4-6H2,1-3H3,(H,24,28)(H2,20,22,23)/t12-,14+,16+,17-,20+,38?;15-,17-,18+,19-,38?;2*9-,10+,11?,12-,13+,15?,16+,33?/m0100/s1. The molecule has 56 nitrogen and oxygen atoms in total. The Bertz CT molecular complexity index is 5780. The molecule has 16 rings (SSSR count). The molecule has 778 valence electrons. The number of hydrogen-bond donors (Lipinski definition) is 14. The van der Waals surface area contributed by atoms with Crippen molar-refractivity contribution in [1.29, 1.82) is 0 Å². The number of rotatable bonds is 35. The van der Waals surface area contributed by atoms with Gasteiger partial charge < -0.3 is 111 Å². The van der Waals surface area contributed by atoms with Crippen LogP contribution in [0.25, 0.3) is 11.2 Å². The topological polar surface area (TPSA) is 752 Å². The zero-order valence-electron chi connectivity index (χ0n) is 77.5. The van der Waals surface area contributed by atoms with Crippen molar-refractivity contribution < 1.29 is 151 Å². The molecule has 0 spiro atoms. The highest BCUT2D eigenvalue weighted by Gasteiger charge is 2.60. The summed E-state index contributed by atoms with van der Waals surface area (Å²) < 4.78 is 181. The number of nitrogens with zero attached hydrogens (tertiary/aromatic N) is 17. The lowest BCUT2D eigenvalue weighted by Gasteiger charge is -2.34. The minimum atomic E-state index is -4.25. The van der Waals surface area contributed by atoms with E-state index >= 15 is 0 Å². The number of nitro groups is 1. The number of nitrogens with one attached hydrogen (secondary N) is 4. The van der Waals surface area contributed by atoms with Gasteiger partial charge >= 0.3 is 78.8 Å². The molecule has 63 heteroatoms. The Morgan fingerprint density at radius 2 is 1.13 bits per heavy atom. The number of aliphatic hydroxyl groups is 6. The van der Waals surface area contributed by atoms with Gasteiger partial charge in [0.2, 0.25) is 0 Å². The van der Waals surface area contributed by atoms with E-state index in [1.165, 1.54) is 82.5 Å². The molecular formula is C79H110F3N25O31P4. The molecule has 4 aromatic heterocycles. The number of aliphatic imine (C=N–C) groups is 6. The summed E-state index contributed by atoms with van der Waals surface area (Å²) >= 11 is 0. The van der Waals surface area contributed by atoms with Crippen LogP contribution < -0.4 is 53.5 Å². The summed E-state index contributed by atoms with van der Waals surface area (Å²) in [5, 5.41) is 85.6. The van der Waals surface area contributed by atoms with E-state index in [1.54, 1.807) is 70.2 Å². The molecule has 6 saturated heterocycles. The van der Waals surface area contributed by atoms with Gasteiger partial charge in [-0.25, -0.2) is 57.9 Å². The van der Waals surface area contributed by atoms with Crippen molar-refractivity contribution in [2.75, 3.05) is 51.1 Å². The number of aromatic nitrogens is 8. The molecule has 10 aliphatic rings. The Hall–Kier alpha value is -10.6. The normalized spacial score (nSPS) is 30.4. The SMILES string of the molecule is CC(C)OC(=O)[C@H](C)NP(=O)(OC[C@H]1O[C@@H](n2cnc3c(N)nc(F)nc32)[C@@H](O)[C@@H]1O)Oc1ccccc1.CCOC(=O)[C@H](CC(C)C)NP1(=O)OC[C@H]2O[C@@H](N3C=NC4C(N)=NC(F)=NC43)[C@@H](O)[C@@H]2O1.CCOC(=O)[C@H](CC(C)C)NP1(=O)OC[C@H]2O[C@@H](N3C=NC4C(N)=NC(F)=NC43)[C@@H](O)[C@@H]2O1.Cn1c(COP(=O)(NCc2ccccc2)OC[C@H]2O[C@@H](n3ccc(N)nc3=O)[C@@H](O)[C@@H]2O)cnc1[N+](=O)[O-]. The summed E-state index contributed by atoms with van der Waals surface area (Å²) in [7, 11) is -14.9. The third-order valence-electron chi connectivity index (χ3n) is 22.4. The summed E-state index contributed by atoms with van der Waals surface area (Å²) in [4.78, 5) is 104. The first kappa shape index (κ1) is 109. The average molecular weight is 2090 g/mol. The predicted molar refractivity (Wildman–Crippen MR) is 489 cm³/mol. The van der Waals surface area contributed by atoms with Crippen LogP contribution in [0.15, 0.2) is 120 Å². The maximum Gasteiger partial charge on any atom is 0.459 e. The molecule has 14 heterocycles. The van der Waals surface area contributed by atoms with Gasteiger partial charge in [0, 0.05) is 12.7 Å². The number of hydrogen-bond acceptors (Lipinski definition) is 48.